The first-order chi connectivity index (χ1) is 68.7. The predicted octanol–water partition coefficient (Wildman–Crippen LogP) is 16.7. The number of carbonyl (C=O) groups excluding carboxylic acids is 13. The number of ether oxygens (including phenoxy) is 8. The summed E-state index contributed by atoms with van der Waals surface area (Å²) in [6, 6.07) is 55.0. The van der Waals surface area contributed by atoms with Gasteiger partial charge in [-0.3, -0.25) is 73.0 Å². The SMILES string of the molecule is CC(C)(C)OC(=O)N1CCC(=O)CC1.CC(C)(C)OC(=O)N1CCC(N2C(=O)Cc3ccccc32)CC1.CC1C(=O)c2cccc3cccc1c23.COC(=O)CBr.COC(=O)CC1C(=O)N(C2CCN(C(=O)OC(C)(C)C)CC2)c2ccccc21.COC(=O)CC1C(=O)N(C2CCNCC2)c2ccccc21.COC(=O)Cc1ccccc1N.COC(=O)Cc1ccccc1[N+](=O)[O-].Cl.O=C(O)Cc1ccccc1[N+](=O)[O-]. The van der Waals surface area contributed by atoms with Gasteiger partial charge in [-0.05, 0) is 177 Å². The summed E-state index contributed by atoms with van der Waals surface area (Å²) in [6.07, 6.45) is 5.34. The van der Waals surface area contributed by atoms with Gasteiger partial charge in [0, 0.05) is 128 Å². The highest BCUT2D eigenvalue weighted by atomic mass is 79.9. The number of fused-ring (bicyclic) bond motifs is 3. The Hall–Kier alpha value is -14.3. The van der Waals surface area contributed by atoms with Crippen LogP contribution in [0.15, 0.2) is 182 Å². The van der Waals surface area contributed by atoms with Crippen molar-refractivity contribution >= 4 is 157 Å². The summed E-state index contributed by atoms with van der Waals surface area (Å²) in [4.78, 5) is 193. The highest BCUT2D eigenvalue weighted by Gasteiger charge is 2.46. The van der Waals surface area contributed by atoms with E-state index in [1.54, 1.807) is 39.0 Å². The second-order valence-electron chi connectivity index (χ2n) is 37.7. The molecule has 8 aromatic carbocycles. The highest BCUT2D eigenvalue weighted by molar-refractivity contribution is 9.09. The number of nitro groups is 2. The van der Waals surface area contributed by atoms with E-state index in [1.165, 1.54) is 76.8 Å². The van der Waals surface area contributed by atoms with Crippen LogP contribution < -0.4 is 25.8 Å². The first kappa shape index (κ1) is 119. The van der Waals surface area contributed by atoms with E-state index in [1.807, 2.05) is 193 Å². The number of anilines is 4. The number of para-hydroxylation sites is 6. The summed E-state index contributed by atoms with van der Waals surface area (Å²) < 4.78 is 38.7. The average Bonchev–Trinajstić information content (AvgIpc) is 1.64. The number of benzene rings is 8. The standard InChI is InChI=1S/C21H28N2O5.C18H24N2O3.C16H20N2O3.C13H10O.C10H17NO3.C9H9NO4.C9H11NO2.C8H7NO4.C3H5BrO2.ClH/c1-21(2,3)28-20(26)22-11-9-14(10-12-22)23-17-8-6-5-7-15(17)16(19(23)25)13-18(24)27-4;1-18(2,3)23-17(22)19-10-8-14(9-11-19)20-15-7-5-4-6-13(15)12-16(20)21;1-21-15(19)10-13-12-4-2-3-5-14(12)18(16(13)20)11-6-8-17-9-7-11;1-8-10-6-2-4-9-5-3-7-11(12(9)10)13(8)14;1-10(2,3)14-9(13)11-6-4-8(12)5-7-11;1-14-9(11)6-7-4-2-3-5-8(7)10(12)13;1-12-9(11)6-7-4-2-3-5-8(7)10;10-8(11)5-6-3-1-2-4-7(6)9(12)13;1-6-3(5)2-4;/h5-8,14,16H,9-13H2,1-4H3;4-7,14H,8-12H2,1-3H3;2-5,11,13,17H,6-10H2,1H3;2-8H,1H3;4-7H2,1-3H3;2-5H,6H2,1H3;2-5H,6,10H2,1H3;1-4H,5H2,(H,10,11);2H2,1H3;1H. The number of methoxy groups -OCH3 is 5. The topological polar surface area (TPSA) is 477 Å². The molecule has 0 aromatic heterocycles. The average molecular weight is 2110 g/mol. The number of nitrogens with one attached hydrogen (secondary N) is 1. The zero-order chi connectivity index (χ0) is 107. The number of hydrogen-bond acceptors (Lipinski definition) is 28. The Labute approximate surface area is 863 Å². The van der Waals surface area contributed by atoms with Crippen molar-refractivity contribution < 1.29 is 120 Å². The fourth-order valence-electron chi connectivity index (χ4n) is 17.1. The highest BCUT2D eigenvalue weighted by Crippen LogP contribution is 2.45. The molecule has 6 amide bonds. The number of nitrogens with two attached hydrogens (primary N) is 1. The monoisotopic (exact) mass is 2100 g/mol. The molecule has 146 heavy (non-hydrogen) atoms. The second-order valence-corrected chi connectivity index (χ2v) is 38.3. The third kappa shape index (κ3) is 34.7. The first-order valence-electron chi connectivity index (χ1n) is 47.6. The maximum atomic E-state index is 13.1. The molecule has 16 rings (SSSR count). The number of ketones is 2. The van der Waals surface area contributed by atoms with E-state index in [-0.39, 0.29) is 156 Å². The van der Waals surface area contributed by atoms with Crippen molar-refractivity contribution in [2.24, 2.45) is 0 Å². The zero-order valence-electron chi connectivity index (χ0n) is 85.1. The molecule has 7 aliphatic heterocycles. The maximum Gasteiger partial charge on any atom is 0.410 e. The zero-order valence-corrected chi connectivity index (χ0v) is 87.5. The minimum atomic E-state index is -1.07. The van der Waals surface area contributed by atoms with Crippen LogP contribution in [0.25, 0.3) is 10.8 Å². The Balaban J connectivity index is 0.000000228. The van der Waals surface area contributed by atoms with Gasteiger partial charge in [-0.2, -0.15) is 0 Å². The lowest BCUT2D eigenvalue weighted by molar-refractivity contribution is -0.385. The number of halogens is 2. The van der Waals surface area contributed by atoms with Gasteiger partial charge in [0.2, 0.25) is 17.7 Å². The molecule has 0 radical (unpaired) electrons. The van der Waals surface area contributed by atoms with Gasteiger partial charge in [0.15, 0.2) is 5.78 Å². The number of hydrogen-bond donors (Lipinski definition) is 3. The molecule has 8 aromatic rings. The van der Waals surface area contributed by atoms with E-state index >= 15 is 0 Å². The molecule has 7 heterocycles. The number of Topliss-reactive ketones (excluding diaryl/α,β-unsaturated/α-hetero) is 2. The van der Waals surface area contributed by atoms with Crippen molar-refractivity contribution in [1.82, 2.24) is 20.0 Å². The maximum absolute atomic E-state index is 13.1. The Morgan fingerprint density at radius 3 is 1.21 bits per heavy atom. The molecule has 3 atom stereocenters. The smallest absolute Gasteiger partial charge is 0.410 e. The lowest BCUT2D eigenvalue weighted by Gasteiger charge is -2.37. The largest absolute Gasteiger partial charge is 0.481 e. The summed E-state index contributed by atoms with van der Waals surface area (Å²) in [5.74, 6) is -3.05. The molecule has 4 saturated heterocycles. The number of esters is 5. The Bertz CT molecular complexity index is 5900. The van der Waals surface area contributed by atoms with Gasteiger partial charge in [-0.15, -0.1) is 12.4 Å². The van der Waals surface area contributed by atoms with Crippen LogP contribution in [0.4, 0.5) is 48.5 Å². The van der Waals surface area contributed by atoms with Crippen LogP contribution in [0, 0.1) is 20.2 Å². The van der Waals surface area contributed by atoms with Crippen LogP contribution in [0.3, 0.4) is 0 Å². The van der Waals surface area contributed by atoms with Crippen LogP contribution in [0.1, 0.15) is 201 Å². The van der Waals surface area contributed by atoms with Crippen molar-refractivity contribution in [2.75, 3.05) is 114 Å². The van der Waals surface area contributed by atoms with Gasteiger partial charge < -0.3 is 83.5 Å². The number of rotatable bonds is 16. The van der Waals surface area contributed by atoms with Gasteiger partial charge in [-0.1, -0.05) is 168 Å². The van der Waals surface area contributed by atoms with Gasteiger partial charge in [0.05, 0.1) is 95.8 Å². The lowest BCUT2D eigenvalue weighted by Crippen LogP contribution is -2.49. The van der Waals surface area contributed by atoms with Gasteiger partial charge in [-0.25, -0.2) is 14.4 Å². The van der Waals surface area contributed by atoms with Crippen LogP contribution in [0.2, 0.25) is 0 Å². The number of alkyl halides is 1. The number of likely N-dealkylation sites (tertiary alicyclic amines) is 3. The third-order valence-corrected chi connectivity index (χ3v) is 24.6. The minimum Gasteiger partial charge on any atom is -0.481 e. The molecular weight excluding hydrogens is 1970 g/mol. The van der Waals surface area contributed by atoms with E-state index in [4.69, 9.17) is 34.5 Å². The molecule has 0 bridgehead atoms. The number of amides is 6. The number of carboxylic acid groups (broad SMARTS) is 1. The van der Waals surface area contributed by atoms with Crippen molar-refractivity contribution in [3.05, 3.63) is 247 Å². The summed E-state index contributed by atoms with van der Waals surface area (Å²) in [7, 11) is 6.65. The Kier molecular flexibility index (Phi) is 45.7. The molecule has 0 spiro atoms. The summed E-state index contributed by atoms with van der Waals surface area (Å²) in [5.41, 5.74) is 13.8. The first-order valence-corrected chi connectivity index (χ1v) is 48.7. The van der Waals surface area contributed by atoms with E-state index in [9.17, 15) is 87.4 Å². The lowest BCUT2D eigenvalue weighted by atomic mass is 9.97. The van der Waals surface area contributed by atoms with Crippen molar-refractivity contribution in [1.29, 1.82) is 0 Å². The van der Waals surface area contributed by atoms with Crippen LogP contribution >= 0.6 is 28.3 Å². The molecule has 4 fully saturated rings. The normalized spacial score (nSPS) is 16.5. The quantitative estimate of drug-likeness (QED) is 0.0202. The number of carboxylic acids is 1. The van der Waals surface area contributed by atoms with Crippen molar-refractivity contribution in [3.8, 4) is 0 Å². The second kappa shape index (κ2) is 56.3. The fourth-order valence-corrected chi connectivity index (χ4v) is 17.3. The van der Waals surface area contributed by atoms with Crippen molar-refractivity contribution in [2.45, 2.75) is 212 Å². The van der Waals surface area contributed by atoms with Gasteiger partial charge in [0.25, 0.3) is 11.4 Å². The molecule has 37 nitrogen and oxygen atoms in total. The summed E-state index contributed by atoms with van der Waals surface area (Å²) in [5, 5.41) is 35.3. The van der Waals surface area contributed by atoms with E-state index in [0.717, 1.165) is 89.0 Å². The van der Waals surface area contributed by atoms with Gasteiger partial charge >= 0.3 is 54.1 Å². The van der Waals surface area contributed by atoms with Crippen molar-refractivity contribution in [3.63, 3.8) is 0 Å². The third-order valence-electron chi connectivity index (χ3n) is 24.2. The Morgan fingerprint density at radius 1 is 0.438 bits per heavy atom. The van der Waals surface area contributed by atoms with Gasteiger partial charge in [0.1, 0.15) is 27.9 Å². The number of nitrogen functional groups attached to an aromatic ring is 1. The number of nitro benzene ring substituents is 2. The van der Waals surface area contributed by atoms with Crippen LogP contribution in [-0.2, 0) is 112 Å². The number of nitrogens with zero attached hydrogens (tertiary/aromatic N) is 8. The predicted molar refractivity (Wildman–Crippen MR) is 553 cm³/mol. The Morgan fingerprint density at radius 2 is 0.801 bits per heavy atom. The number of piperidine rings is 4. The van der Waals surface area contributed by atoms with E-state index in [2.05, 4.69) is 53.7 Å². The van der Waals surface area contributed by atoms with E-state index < -0.39 is 56.4 Å². The molecule has 4 N–H and O–H groups in total. The summed E-state index contributed by atoms with van der Waals surface area (Å²) >= 11 is 2.90. The number of carbonyl (C=O) groups is 14. The van der Waals surface area contributed by atoms with Crippen LogP contribution in [-0.4, -0.2) is 241 Å². The molecule has 0 saturated carbocycles. The molecule has 39 heteroatoms. The molecule has 1 aliphatic carbocycles. The molecule has 3 unspecified atom stereocenters. The molecule has 8 aliphatic rings. The van der Waals surface area contributed by atoms with Crippen LogP contribution in [0.5, 0.6) is 0 Å². The minimum absolute atomic E-state index is 0. The number of aliphatic carboxylic acids is 1. The van der Waals surface area contributed by atoms with E-state index in [0.29, 0.717) is 82.6 Å². The fraction of sp³-hybridized carbons (Fsp3) is 0.439. The molecule has 786 valence electrons. The summed E-state index contributed by atoms with van der Waals surface area (Å²) in [6.45, 7) is 23.8. The molecular formula is C107H132BrClN10O27.